The molecular weight excluding hydrogens is 494 g/mol. The molecular formula is C35H37N3O2. The SMILES string of the molecule is CC(C)(C)CC(C)(C)Nc1c(-c2ccc(OC(=O)C(c3ccccc3)c3ccccc3)cc2)nc2ccccn12. The van der Waals surface area contributed by atoms with Gasteiger partial charge in [0.15, 0.2) is 0 Å². The smallest absolute Gasteiger partial charge is 0.323 e. The van der Waals surface area contributed by atoms with Crippen molar-refractivity contribution in [3.63, 3.8) is 0 Å². The molecule has 0 fully saturated rings. The highest BCUT2D eigenvalue weighted by atomic mass is 16.5. The molecule has 0 amide bonds. The lowest BCUT2D eigenvalue weighted by Gasteiger charge is -2.34. The molecule has 0 aliphatic heterocycles. The molecule has 0 aliphatic rings. The quantitative estimate of drug-likeness (QED) is 0.161. The van der Waals surface area contributed by atoms with E-state index in [0.717, 1.165) is 40.3 Å². The molecule has 0 aliphatic carbocycles. The number of benzene rings is 3. The van der Waals surface area contributed by atoms with Gasteiger partial charge in [0.1, 0.15) is 28.8 Å². The first-order valence-corrected chi connectivity index (χ1v) is 13.8. The molecule has 204 valence electrons. The van der Waals surface area contributed by atoms with Crippen LogP contribution in [0.15, 0.2) is 109 Å². The summed E-state index contributed by atoms with van der Waals surface area (Å²) in [6.07, 6.45) is 3.02. The molecule has 5 heteroatoms. The average molecular weight is 532 g/mol. The van der Waals surface area contributed by atoms with Crippen molar-refractivity contribution in [1.29, 1.82) is 0 Å². The molecule has 0 radical (unpaired) electrons. The van der Waals surface area contributed by atoms with E-state index in [1.807, 2.05) is 109 Å². The van der Waals surface area contributed by atoms with Crippen LogP contribution in [0.25, 0.3) is 16.9 Å². The van der Waals surface area contributed by atoms with Crippen molar-refractivity contribution in [2.24, 2.45) is 5.41 Å². The van der Waals surface area contributed by atoms with Crippen molar-refractivity contribution in [1.82, 2.24) is 9.38 Å². The number of hydrogen-bond donors (Lipinski definition) is 1. The normalized spacial score (nSPS) is 12.1. The van der Waals surface area contributed by atoms with Gasteiger partial charge in [-0.15, -0.1) is 0 Å². The first kappa shape index (κ1) is 27.2. The molecule has 5 rings (SSSR count). The third-order valence-electron chi connectivity index (χ3n) is 6.81. The molecule has 40 heavy (non-hydrogen) atoms. The van der Waals surface area contributed by atoms with Crippen molar-refractivity contribution < 1.29 is 9.53 Å². The Labute approximate surface area is 236 Å². The van der Waals surface area contributed by atoms with Crippen LogP contribution in [-0.2, 0) is 4.79 Å². The predicted octanol–water partition coefficient (Wildman–Crippen LogP) is 8.37. The van der Waals surface area contributed by atoms with Gasteiger partial charge >= 0.3 is 5.97 Å². The summed E-state index contributed by atoms with van der Waals surface area (Å²) in [5, 5.41) is 3.78. The Morgan fingerprint density at radius 3 is 1.95 bits per heavy atom. The van der Waals surface area contributed by atoms with Crippen molar-refractivity contribution in [3.05, 3.63) is 120 Å². The first-order valence-electron chi connectivity index (χ1n) is 13.8. The number of imidazole rings is 1. The third-order valence-corrected chi connectivity index (χ3v) is 6.81. The summed E-state index contributed by atoms with van der Waals surface area (Å²) in [7, 11) is 0. The maximum absolute atomic E-state index is 13.5. The van der Waals surface area contributed by atoms with Crippen LogP contribution in [0.2, 0.25) is 0 Å². The summed E-state index contributed by atoms with van der Waals surface area (Å²) in [4.78, 5) is 18.4. The molecule has 5 aromatic rings. The molecule has 3 aromatic carbocycles. The number of pyridine rings is 1. The highest BCUT2D eigenvalue weighted by molar-refractivity contribution is 5.84. The Hall–Kier alpha value is -4.38. The van der Waals surface area contributed by atoms with Gasteiger partial charge in [-0.2, -0.15) is 0 Å². The maximum atomic E-state index is 13.5. The van der Waals surface area contributed by atoms with E-state index < -0.39 is 5.92 Å². The standard InChI is InChI=1S/C35H37N3O2/c1-34(2,3)24-35(4,5)37-32-31(36-29-18-12-13-23-38(29)32)27-19-21-28(22-20-27)40-33(39)30(25-14-8-6-9-15-25)26-16-10-7-11-17-26/h6-23,30,37H,24H2,1-5H3. The Kier molecular flexibility index (Phi) is 7.49. The Morgan fingerprint density at radius 2 is 1.38 bits per heavy atom. The van der Waals surface area contributed by atoms with Crippen molar-refractivity contribution in [2.75, 3.05) is 5.32 Å². The van der Waals surface area contributed by atoms with Crippen molar-refractivity contribution in [3.8, 4) is 17.0 Å². The maximum Gasteiger partial charge on any atom is 0.323 e. The minimum Gasteiger partial charge on any atom is -0.426 e. The monoisotopic (exact) mass is 531 g/mol. The molecule has 0 spiro atoms. The lowest BCUT2D eigenvalue weighted by molar-refractivity contribution is -0.135. The number of hydrogen-bond acceptors (Lipinski definition) is 4. The number of esters is 1. The molecule has 2 aromatic heterocycles. The lowest BCUT2D eigenvalue weighted by Crippen LogP contribution is -2.36. The van der Waals surface area contributed by atoms with Crippen molar-refractivity contribution in [2.45, 2.75) is 52.5 Å². The zero-order chi connectivity index (χ0) is 28.3. The molecule has 1 N–H and O–H groups in total. The number of fused-ring (bicyclic) bond motifs is 1. The summed E-state index contributed by atoms with van der Waals surface area (Å²) in [6, 6.07) is 33.1. The minimum absolute atomic E-state index is 0.155. The number of nitrogens with one attached hydrogen (secondary N) is 1. The van der Waals surface area contributed by atoms with Gasteiger partial charge in [0, 0.05) is 17.3 Å². The van der Waals surface area contributed by atoms with Gasteiger partial charge in [-0.1, -0.05) is 87.5 Å². The lowest BCUT2D eigenvalue weighted by atomic mass is 9.82. The predicted molar refractivity (Wildman–Crippen MR) is 163 cm³/mol. The average Bonchev–Trinajstić information content (AvgIpc) is 3.27. The van der Waals surface area contributed by atoms with E-state index in [4.69, 9.17) is 9.72 Å². The van der Waals surface area contributed by atoms with Crippen LogP contribution in [0.3, 0.4) is 0 Å². The van der Waals surface area contributed by atoms with E-state index in [0.29, 0.717) is 5.75 Å². The number of ether oxygens (including phenoxy) is 1. The van der Waals surface area contributed by atoms with E-state index in [1.54, 1.807) is 0 Å². The summed E-state index contributed by atoms with van der Waals surface area (Å²) in [5.41, 5.74) is 4.48. The van der Waals surface area contributed by atoms with Gasteiger partial charge in [-0.3, -0.25) is 9.20 Å². The molecule has 2 heterocycles. The van der Waals surface area contributed by atoms with Crippen LogP contribution in [0.1, 0.15) is 58.1 Å². The second-order valence-corrected chi connectivity index (χ2v) is 12.2. The summed E-state index contributed by atoms with van der Waals surface area (Å²) in [5.74, 6) is 0.616. The number of aromatic nitrogens is 2. The van der Waals surface area contributed by atoms with Gasteiger partial charge in [0.25, 0.3) is 0 Å². The molecule has 0 atom stereocenters. The fourth-order valence-corrected chi connectivity index (χ4v) is 5.62. The number of carbonyl (C=O) groups is 1. The molecule has 0 unspecified atom stereocenters. The molecule has 0 saturated carbocycles. The second-order valence-electron chi connectivity index (χ2n) is 12.2. The molecule has 0 saturated heterocycles. The van der Waals surface area contributed by atoms with E-state index in [1.165, 1.54) is 0 Å². The Morgan fingerprint density at radius 1 is 0.800 bits per heavy atom. The zero-order valence-corrected chi connectivity index (χ0v) is 23.9. The summed E-state index contributed by atoms with van der Waals surface area (Å²) in [6.45, 7) is 11.2. The first-order chi connectivity index (χ1) is 19.1. The van der Waals surface area contributed by atoms with Gasteiger partial charge in [-0.05, 0) is 73.2 Å². The van der Waals surface area contributed by atoms with Crippen LogP contribution in [-0.4, -0.2) is 20.9 Å². The highest BCUT2D eigenvalue weighted by Crippen LogP contribution is 2.35. The second kappa shape index (κ2) is 11.0. The van der Waals surface area contributed by atoms with Crippen LogP contribution >= 0.6 is 0 Å². The van der Waals surface area contributed by atoms with Gasteiger partial charge in [0.05, 0.1) is 0 Å². The number of rotatable bonds is 8. The summed E-state index contributed by atoms with van der Waals surface area (Å²) >= 11 is 0. The topological polar surface area (TPSA) is 55.6 Å². The summed E-state index contributed by atoms with van der Waals surface area (Å²) < 4.78 is 8.02. The van der Waals surface area contributed by atoms with Gasteiger partial charge < -0.3 is 10.1 Å². The number of anilines is 1. The Balaban J connectivity index is 1.43. The van der Waals surface area contributed by atoms with Crippen LogP contribution < -0.4 is 10.1 Å². The highest BCUT2D eigenvalue weighted by Gasteiger charge is 2.28. The van der Waals surface area contributed by atoms with E-state index in [-0.39, 0.29) is 16.9 Å². The van der Waals surface area contributed by atoms with E-state index in [9.17, 15) is 4.79 Å². The Bertz CT molecular complexity index is 1540. The molecule has 0 bridgehead atoms. The molecule has 5 nitrogen and oxygen atoms in total. The minimum atomic E-state index is -0.513. The van der Waals surface area contributed by atoms with Crippen LogP contribution in [0, 0.1) is 5.41 Å². The number of carbonyl (C=O) groups excluding carboxylic acids is 1. The van der Waals surface area contributed by atoms with Gasteiger partial charge in [0.2, 0.25) is 0 Å². The zero-order valence-electron chi connectivity index (χ0n) is 23.9. The largest absolute Gasteiger partial charge is 0.426 e. The number of nitrogens with zero attached hydrogens (tertiary/aromatic N) is 2. The fourth-order valence-electron chi connectivity index (χ4n) is 5.62. The van der Waals surface area contributed by atoms with Crippen LogP contribution in [0.4, 0.5) is 5.82 Å². The van der Waals surface area contributed by atoms with E-state index in [2.05, 4.69) is 44.3 Å². The van der Waals surface area contributed by atoms with Crippen molar-refractivity contribution >= 4 is 17.4 Å². The van der Waals surface area contributed by atoms with Crippen LogP contribution in [0.5, 0.6) is 5.75 Å². The third kappa shape index (κ3) is 6.26. The van der Waals surface area contributed by atoms with Gasteiger partial charge in [-0.25, -0.2) is 4.98 Å². The fraction of sp³-hybridized carbons (Fsp3) is 0.257. The van der Waals surface area contributed by atoms with E-state index >= 15 is 0 Å².